The molecule has 154 valence electrons. The summed E-state index contributed by atoms with van der Waals surface area (Å²) in [7, 11) is 0. The van der Waals surface area contributed by atoms with Crippen LogP contribution in [0.25, 0.3) is 11.1 Å². The Kier molecular flexibility index (Phi) is 4.53. The van der Waals surface area contributed by atoms with Crippen molar-refractivity contribution in [2.24, 2.45) is 0 Å². The normalized spacial score (nSPS) is 16.9. The van der Waals surface area contributed by atoms with Gasteiger partial charge in [-0.1, -0.05) is 29.4 Å². The third-order valence-corrected chi connectivity index (χ3v) is 5.93. The minimum atomic E-state index is -0.879. The third-order valence-electron chi connectivity index (χ3n) is 5.93. The summed E-state index contributed by atoms with van der Waals surface area (Å²) in [5, 5.41) is 4.50. The van der Waals surface area contributed by atoms with Gasteiger partial charge in [-0.3, -0.25) is 4.79 Å². The van der Waals surface area contributed by atoms with E-state index in [4.69, 9.17) is 9.26 Å². The maximum absolute atomic E-state index is 13.0. The third kappa shape index (κ3) is 3.34. The molecule has 0 radical (unpaired) electrons. The van der Waals surface area contributed by atoms with Gasteiger partial charge >= 0.3 is 5.97 Å². The summed E-state index contributed by atoms with van der Waals surface area (Å²) in [5.74, 6) is -0.389. The van der Waals surface area contributed by atoms with Crippen molar-refractivity contribution in [3.05, 3.63) is 58.4 Å². The number of aryl methyl sites for hydroxylation is 1. The highest BCUT2D eigenvalue weighted by Gasteiger charge is 2.31. The summed E-state index contributed by atoms with van der Waals surface area (Å²) < 4.78 is 10.9. The lowest BCUT2D eigenvalue weighted by molar-refractivity contribution is -0.140. The van der Waals surface area contributed by atoms with Crippen molar-refractivity contribution in [1.82, 2.24) is 15.0 Å². The topological polar surface area (TPSA) is 85.5 Å². The summed E-state index contributed by atoms with van der Waals surface area (Å²) in [5.41, 5.74) is 4.51. The predicted molar refractivity (Wildman–Crippen MR) is 109 cm³/mol. The van der Waals surface area contributed by atoms with Gasteiger partial charge in [0.1, 0.15) is 0 Å². The van der Waals surface area contributed by atoms with E-state index in [1.54, 1.807) is 24.8 Å². The molecule has 30 heavy (non-hydrogen) atoms. The lowest BCUT2D eigenvalue weighted by Crippen LogP contribution is -2.42. The van der Waals surface area contributed by atoms with Crippen LogP contribution in [0.3, 0.4) is 0 Å². The molecule has 0 bridgehead atoms. The quantitative estimate of drug-likeness (QED) is 0.617. The van der Waals surface area contributed by atoms with Gasteiger partial charge in [-0.05, 0) is 50.3 Å². The van der Waals surface area contributed by atoms with Crippen LogP contribution >= 0.6 is 0 Å². The fourth-order valence-electron chi connectivity index (χ4n) is 4.08. The van der Waals surface area contributed by atoms with Gasteiger partial charge in [0.05, 0.1) is 16.6 Å². The number of rotatable bonds is 4. The average Bonchev–Trinajstić information content (AvgIpc) is 3.55. The molecule has 1 aliphatic heterocycles. The number of carbonyl (C=O) groups excluding carboxylic acids is 2. The second-order valence-electron chi connectivity index (χ2n) is 8.14. The van der Waals surface area contributed by atoms with E-state index in [2.05, 4.69) is 16.2 Å². The van der Waals surface area contributed by atoms with Crippen LogP contribution in [-0.2, 0) is 22.5 Å². The summed E-state index contributed by atoms with van der Waals surface area (Å²) in [6.45, 7) is 4.54. The molecule has 2 aromatic heterocycles. The monoisotopic (exact) mass is 405 g/mol. The lowest BCUT2D eigenvalue weighted by Gasteiger charge is -2.30. The molecule has 5 rings (SSSR count). The first-order chi connectivity index (χ1) is 14.5. The number of nitrogens with zero attached hydrogens (tertiary/aromatic N) is 3. The van der Waals surface area contributed by atoms with Crippen LogP contribution in [0.5, 0.6) is 0 Å². The molecule has 0 unspecified atom stereocenters. The van der Waals surface area contributed by atoms with E-state index in [-0.39, 0.29) is 5.91 Å². The van der Waals surface area contributed by atoms with E-state index in [9.17, 15) is 9.59 Å². The van der Waals surface area contributed by atoms with Crippen molar-refractivity contribution in [3.63, 3.8) is 0 Å². The van der Waals surface area contributed by atoms with Gasteiger partial charge in [0, 0.05) is 24.7 Å². The van der Waals surface area contributed by atoms with Gasteiger partial charge in [0.15, 0.2) is 6.10 Å². The zero-order chi connectivity index (χ0) is 20.8. The van der Waals surface area contributed by atoms with Gasteiger partial charge in [-0.2, -0.15) is 0 Å². The Morgan fingerprint density at radius 2 is 2.00 bits per heavy atom. The van der Waals surface area contributed by atoms with E-state index in [0.717, 1.165) is 30.5 Å². The molecule has 0 spiro atoms. The smallest absolute Gasteiger partial charge is 0.339 e. The summed E-state index contributed by atoms with van der Waals surface area (Å²) >= 11 is 0. The second kappa shape index (κ2) is 7.23. The van der Waals surface area contributed by atoms with Crippen LogP contribution in [0.1, 0.15) is 58.6 Å². The minimum absolute atomic E-state index is 0.187. The number of amides is 1. The molecule has 1 fully saturated rings. The first-order valence-electron chi connectivity index (χ1n) is 10.3. The number of fused-ring (bicyclic) bond motifs is 2. The number of benzene rings is 1. The number of hydrogen-bond donors (Lipinski definition) is 0. The zero-order valence-corrected chi connectivity index (χ0v) is 17.1. The van der Waals surface area contributed by atoms with E-state index < -0.39 is 12.1 Å². The highest BCUT2D eigenvalue weighted by Crippen LogP contribution is 2.40. The average molecular weight is 405 g/mol. The number of hydrogen-bond acceptors (Lipinski definition) is 6. The van der Waals surface area contributed by atoms with E-state index in [0.29, 0.717) is 41.4 Å². The van der Waals surface area contributed by atoms with E-state index >= 15 is 0 Å². The Hall–Kier alpha value is -3.22. The highest BCUT2D eigenvalue weighted by molar-refractivity contribution is 6.04. The first-order valence-corrected chi connectivity index (χ1v) is 10.3. The van der Waals surface area contributed by atoms with Crippen LogP contribution in [0, 0.1) is 6.92 Å². The van der Waals surface area contributed by atoms with E-state index in [1.807, 2.05) is 18.2 Å². The number of aromatic nitrogens is 2. The van der Waals surface area contributed by atoms with Crippen LogP contribution in [0.4, 0.5) is 0 Å². The predicted octanol–water partition coefficient (Wildman–Crippen LogP) is 3.54. The van der Waals surface area contributed by atoms with E-state index in [1.165, 1.54) is 5.56 Å². The largest absolute Gasteiger partial charge is 0.449 e. The minimum Gasteiger partial charge on any atom is -0.449 e. The molecule has 2 aliphatic rings. The first kappa shape index (κ1) is 18.8. The number of ether oxygens (including phenoxy) is 1. The Morgan fingerprint density at radius 3 is 2.77 bits per heavy atom. The van der Waals surface area contributed by atoms with Gasteiger partial charge in [-0.15, -0.1) is 0 Å². The van der Waals surface area contributed by atoms with Crippen molar-refractivity contribution in [3.8, 4) is 0 Å². The molecule has 0 saturated heterocycles. The van der Waals surface area contributed by atoms with Crippen LogP contribution in [-0.4, -0.2) is 39.6 Å². The molecule has 0 N–H and O–H groups in total. The van der Waals surface area contributed by atoms with Crippen molar-refractivity contribution >= 4 is 23.0 Å². The molecule has 1 aliphatic carbocycles. The molecule has 1 saturated carbocycles. The standard InChI is InChI=1S/C23H23N3O4/c1-13-20-18(11-19(16-7-8-16)24-21(20)30-25-13)23(28)29-14(2)22(27)26-10-9-15-5-3-4-6-17(15)12-26/h3-6,11,14,16H,7-10,12H2,1-2H3/t14-/m0/s1. The zero-order valence-electron chi connectivity index (χ0n) is 17.1. The summed E-state index contributed by atoms with van der Waals surface area (Å²) in [4.78, 5) is 32.2. The number of pyridine rings is 1. The maximum Gasteiger partial charge on any atom is 0.339 e. The molecule has 3 aromatic rings. The second-order valence-corrected chi connectivity index (χ2v) is 8.14. The van der Waals surface area contributed by atoms with Gasteiger partial charge in [0.2, 0.25) is 0 Å². The molecule has 7 heteroatoms. The SMILES string of the molecule is Cc1noc2nc(C3CC3)cc(C(=O)O[C@@H](C)C(=O)N3CCc4ccccc4C3)c12. The summed E-state index contributed by atoms with van der Waals surface area (Å²) in [6, 6.07) is 9.88. The highest BCUT2D eigenvalue weighted by atomic mass is 16.5. The van der Waals surface area contributed by atoms with Crippen LogP contribution < -0.4 is 0 Å². The Labute approximate surface area is 174 Å². The molecule has 1 atom stereocenters. The number of esters is 1. The molecular weight excluding hydrogens is 382 g/mol. The van der Waals surface area contributed by atoms with Crippen molar-refractivity contribution in [2.45, 2.75) is 51.7 Å². The van der Waals surface area contributed by atoms with Crippen molar-refractivity contribution < 1.29 is 18.8 Å². The molecular formula is C23H23N3O4. The molecule has 3 heterocycles. The molecule has 1 amide bonds. The molecule has 7 nitrogen and oxygen atoms in total. The van der Waals surface area contributed by atoms with Crippen molar-refractivity contribution in [1.29, 1.82) is 0 Å². The maximum atomic E-state index is 13.0. The van der Waals surface area contributed by atoms with Gasteiger partial charge < -0.3 is 14.2 Å². The Balaban J connectivity index is 1.35. The Bertz CT molecular complexity index is 1150. The summed E-state index contributed by atoms with van der Waals surface area (Å²) in [6.07, 6.45) is 2.02. The van der Waals surface area contributed by atoms with Gasteiger partial charge in [-0.25, -0.2) is 9.78 Å². The lowest BCUT2D eigenvalue weighted by atomic mass is 9.99. The van der Waals surface area contributed by atoms with Crippen LogP contribution in [0.2, 0.25) is 0 Å². The van der Waals surface area contributed by atoms with Crippen molar-refractivity contribution in [2.75, 3.05) is 6.54 Å². The molecule has 1 aromatic carbocycles. The van der Waals surface area contributed by atoms with Gasteiger partial charge in [0.25, 0.3) is 11.6 Å². The fourth-order valence-corrected chi connectivity index (χ4v) is 4.08. The fraction of sp³-hybridized carbons (Fsp3) is 0.391. The number of carbonyl (C=O) groups is 2. The Morgan fingerprint density at radius 1 is 1.23 bits per heavy atom. The van der Waals surface area contributed by atoms with Crippen LogP contribution in [0.15, 0.2) is 34.9 Å².